The molecule has 0 spiro atoms. The minimum absolute atomic E-state index is 0. The van der Waals surface area contributed by atoms with Gasteiger partial charge in [-0.1, -0.05) is 23.2 Å². The van der Waals surface area contributed by atoms with Crippen LogP contribution in [0.25, 0.3) is 0 Å². The number of hydrogen-bond acceptors (Lipinski definition) is 4. The second kappa shape index (κ2) is 9.55. The van der Waals surface area contributed by atoms with Crippen molar-refractivity contribution in [3.05, 3.63) is 33.8 Å². The van der Waals surface area contributed by atoms with E-state index in [9.17, 15) is 9.90 Å². The van der Waals surface area contributed by atoms with E-state index in [0.29, 0.717) is 35.2 Å². The normalized spacial score (nSPS) is 19.1. The molecule has 1 amide bonds. The molecule has 2 rings (SSSR count). The van der Waals surface area contributed by atoms with E-state index in [2.05, 4.69) is 10.6 Å². The van der Waals surface area contributed by atoms with Crippen molar-refractivity contribution in [1.29, 1.82) is 0 Å². The van der Waals surface area contributed by atoms with Crippen LogP contribution in [0.5, 0.6) is 0 Å². The lowest BCUT2D eigenvalue weighted by Gasteiger charge is -2.23. The van der Waals surface area contributed by atoms with Crippen LogP contribution in [0.1, 0.15) is 18.1 Å². The zero-order valence-electron chi connectivity index (χ0n) is 11.9. The summed E-state index contributed by atoms with van der Waals surface area (Å²) in [5.74, 6) is -0.134. The SMILES string of the molecule is Cl.O=C(CC1COCCN1)NCC(O)c1cc(Cl)cc(Cl)c1. The Bertz CT molecular complexity index is 476. The quantitative estimate of drug-likeness (QED) is 0.742. The van der Waals surface area contributed by atoms with E-state index < -0.39 is 6.10 Å². The number of carbonyl (C=O) groups is 1. The summed E-state index contributed by atoms with van der Waals surface area (Å²) in [6.45, 7) is 2.07. The van der Waals surface area contributed by atoms with Crippen molar-refractivity contribution in [2.45, 2.75) is 18.6 Å². The van der Waals surface area contributed by atoms with Crippen LogP contribution in [-0.2, 0) is 9.53 Å². The molecule has 1 aromatic carbocycles. The summed E-state index contributed by atoms with van der Waals surface area (Å²) in [6, 6.07) is 4.87. The van der Waals surface area contributed by atoms with Crippen LogP contribution in [-0.4, -0.2) is 43.4 Å². The first-order chi connectivity index (χ1) is 10.0. The van der Waals surface area contributed by atoms with E-state index in [-0.39, 0.29) is 30.9 Å². The fraction of sp³-hybridized carbons (Fsp3) is 0.500. The van der Waals surface area contributed by atoms with Gasteiger partial charge in [0.15, 0.2) is 0 Å². The lowest BCUT2D eigenvalue weighted by molar-refractivity contribution is -0.122. The maximum absolute atomic E-state index is 11.8. The van der Waals surface area contributed by atoms with Crippen LogP contribution in [0.4, 0.5) is 0 Å². The van der Waals surface area contributed by atoms with E-state index in [0.717, 1.165) is 6.54 Å². The van der Waals surface area contributed by atoms with E-state index in [1.807, 2.05) is 0 Å². The van der Waals surface area contributed by atoms with E-state index >= 15 is 0 Å². The van der Waals surface area contributed by atoms with Crippen LogP contribution >= 0.6 is 35.6 Å². The smallest absolute Gasteiger partial charge is 0.221 e. The highest BCUT2D eigenvalue weighted by Gasteiger charge is 2.17. The summed E-state index contributed by atoms with van der Waals surface area (Å²) < 4.78 is 5.28. The monoisotopic (exact) mass is 368 g/mol. The van der Waals surface area contributed by atoms with Crippen molar-refractivity contribution < 1.29 is 14.6 Å². The van der Waals surface area contributed by atoms with Crippen molar-refractivity contribution in [3.63, 3.8) is 0 Å². The van der Waals surface area contributed by atoms with Gasteiger partial charge in [0.05, 0.1) is 19.3 Å². The third-order valence-corrected chi connectivity index (χ3v) is 3.63. The predicted molar refractivity (Wildman–Crippen MR) is 88.9 cm³/mol. The van der Waals surface area contributed by atoms with Gasteiger partial charge >= 0.3 is 0 Å². The minimum atomic E-state index is -0.847. The lowest BCUT2D eigenvalue weighted by atomic mass is 10.1. The average molecular weight is 370 g/mol. The zero-order valence-corrected chi connectivity index (χ0v) is 14.2. The van der Waals surface area contributed by atoms with Crippen molar-refractivity contribution in [3.8, 4) is 0 Å². The zero-order chi connectivity index (χ0) is 15.2. The van der Waals surface area contributed by atoms with Crippen LogP contribution in [0, 0.1) is 0 Å². The number of benzene rings is 1. The van der Waals surface area contributed by atoms with Gasteiger partial charge < -0.3 is 20.5 Å². The molecule has 1 aromatic rings. The average Bonchev–Trinajstić information content (AvgIpc) is 2.45. The molecule has 124 valence electrons. The van der Waals surface area contributed by atoms with E-state index in [4.69, 9.17) is 27.9 Å². The molecule has 22 heavy (non-hydrogen) atoms. The molecule has 1 saturated heterocycles. The number of halogens is 3. The third kappa shape index (κ3) is 6.28. The molecule has 3 N–H and O–H groups in total. The second-order valence-electron chi connectivity index (χ2n) is 4.95. The van der Waals surface area contributed by atoms with Gasteiger partial charge in [0.25, 0.3) is 0 Å². The minimum Gasteiger partial charge on any atom is -0.387 e. The fourth-order valence-corrected chi connectivity index (χ4v) is 2.69. The number of morpholine rings is 1. The Morgan fingerprint density at radius 3 is 2.68 bits per heavy atom. The Hall–Kier alpha value is -0.560. The Kier molecular flexibility index (Phi) is 8.46. The summed E-state index contributed by atoms with van der Waals surface area (Å²) in [4.78, 5) is 11.8. The van der Waals surface area contributed by atoms with Gasteiger partial charge in [-0.15, -0.1) is 12.4 Å². The largest absolute Gasteiger partial charge is 0.387 e. The molecule has 1 heterocycles. The Balaban J connectivity index is 0.00000242. The van der Waals surface area contributed by atoms with Gasteiger partial charge in [0, 0.05) is 35.6 Å². The first kappa shape index (κ1) is 19.5. The molecule has 0 aromatic heterocycles. The van der Waals surface area contributed by atoms with Gasteiger partial charge in [-0.05, 0) is 23.8 Å². The third-order valence-electron chi connectivity index (χ3n) is 3.19. The number of hydrogen-bond donors (Lipinski definition) is 3. The van der Waals surface area contributed by atoms with Crippen LogP contribution in [0.3, 0.4) is 0 Å². The van der Waals surface area contributed by atoms with Gasteiger partial charge in [0.2, 0.25) is 5.91 Å². The maximum Gasteiger partial charge on any atom is 0.221 e. The van der Waals surface area contributed by atoms with Crippen LogP contribution < -0.4 is 10.6 Å². The highest BCUT2D eigenvalue weighted by Crippen LogP contribution is 2.23. The highest BCUT2D eigenvalue weighted by atomic mass is 35.5. The molecule has 1 aliphatic heterocycles. The molecular weight excluding hydrogens is 351 g/mol. The van der Waals surface area contributed by atoms with Gasteiger partial charge in [0.1, 0.15) is 0 Å². The molecule has 2 unspecified atom stereocenters. The standard InChI is InChI=1S/C14H18Cl2N2O3.ClH/c15-10-3-9(4-11(16)5-10)13(19)7-18-14(20)6-12-8-21-2-1-17-12;/h3-5,12-13,17,19H,1-2,6-8H2,(H,18,20);1H. The molecule has 2 atom stereocenters. The number of rotatable bonds is 5. The number of aliphatic hydroxyl groups is 1. The number of aliphatic hydroxyl groups excluding tert-OH is 1. The van der Waals surface area contributed by atoms with Gasteiger partial charge in [-0.25, -0.2) is 0 Å². The molecule has 5 nitrogen and oxygen atoms in total. The fourth-order valence-electron chi connectivity index (χ4n) is 2.14. The maximum atomic E-state index is 11.8. The highest BCUT2D eigenvalue weighted by molar-refractivity contribution is 6.34. The molecule has 1 fully saturated rings. The second-order valence-corrected chi connectivity index (χ2v) is 5.83. The molecule has 8 heteroatoms. The lowest BCUT2D eigenvalue weighted by Crippen LogP contribution is -2.44. The molecule has 1 aliphatic rings. The summed E-state index contributed by atoms with van der Waals surface area (Å²) in [5, 5.41) is 16.9. The Labute approximate surface area is 145 Å². The predicted octanol–water partition coefficient (Wildman–Crippen LogP) is 1.94. The van der Waals surface area contributed by atoms with Crippen molar-refractivity contribution in [1.82, 2.24) is 10.6 Å². The molecule has 0 radical (unpaired) electrons. The summed E-state index contributed by atoms with van der Waals surface area (Å²) >= 11 is 11.8. The number of nitrogens with one attached hydrogen (secondary N) is 2. The summed E-state index contributed by atoms with van der Waals surface area (Å²) in [7, 11) is 0. The van der Waals surface area contributed by atoms with Crippen molar-refractivity contribution >= 4 is 41.5 Å². The van der Waals surface area contributed by atoms with E-state index in [1.165, 1.54) is 0 Å². The Morgan fingerprint density at radius 1 is 1.41 bits per heavy atom. The number of amides is 1. The van der Waals surface area contributed by atoms with Crippen molar-refractivity contribution in [2.24, 2.45) is 0 Å². The first-order valence-corrected chi connectivity index (χ1v) is 7.52. The first-order valence-electron chi connectivity index (χ1n) is 6.76. The van der Waals surface area contributed by atoms with Crippen molar-refractivity contribution in [2.75, 3.05) is 26.3 Å². The van der Waals surface area contributed by atoms with Gasteiger partial charge in [-0.3, -0.25) is 4.79 Å². The Morgan fingerprint density at radius 2 is 2.09 bits per heavy atom. The summed E-state index contributed by atoms with van der Waals surface area (Å²) in [6.07, 6.45) is -0.524. The van der Waals surface area contributed by atoms with Crippen LogP contribution in [0.2, 0.25) is 10.0 Å². The molecule has 0 bridgehead atoms. The summed E-state index contributed by atoms with van der Waals surface area (Å²) in [5.41, 5.74) is 0.576. The van der Waals surface area contributed by atoms with E-state index in [1.54, 1.807) is 18.2 Å². The molecule has 0 aliphatic carbocycles. The van der Waals surface area contributed by atoms with Gasteiger partial charge in [-0.2, -0.15) is 0 Å². The van der Waals surface area contributed by atoms with Crippen LogP contribution in [0.15, 0.2) is 18.2 Å². The number of carbonyl (C=O) groups excluding carboxylic acids is 1. The molecule has 0 saturated carbocycles. The number of ether oxygens (including phenoxy) is 1. The topological polar surface area (TPSA) is 70.6 Å². The molecular formula is C14H19Cl3N2O3.